The third-order valence-corrected chi connectivity index (χ3v) is 5.44. The second-order valence-corrected chi connectivity index (χ2v) is 9.30. The van der Waals surface area contributed by atoms with Gasteiger partial charge in [0.25, 0.3) is 0 Å². The summed E-state index contributed by atoms with van der Waals surface area (Å²) in [6, 6.07) is 7.82. The third-order valence-electron chi connectivity index (χ3n) is 5.44. The van der Waals surface area contributed by atoms with Crippen LogP contribution in [0.15, 0.2) is 29.3 Å². The highest BCUT2D eigenvalue weighted by atomic mass is 16.6. The molecule has 9 heteroatoms. The van der Waals surface area contributed by atoms with Gasteiger partial charge in [-0.25, -0.2) is 9.59 Å². The quantitative estimate of drug-likeness (QED) is 0.490. The number of guanidine groups is 1. The molecule has 2 heterocycles. The number of anilines is 1. The molecule has 176 valence electrons. The highest BCUT2D eigenvalue weighted by Gasteiger charge is 2.27. The number of benzene rings is 1. The number of rotatable bonds is 4. The molecule has 2 aliphatic heterocycles. The molecule has 2 saturated heterocycles. The molecule has 0 spiro atoms. The number of amides is 3. The van der Waals surface area contributed by atoms with Crippen molar-refractivity contribution >= 4 is 23.8 Å². The molecule has 2 aliphatic rings. The Labute approximate surface area is 190 Å². The first kappa shape index (κ1) is 23.7. The van der Waals surface area contributed by atoms with E-state index in [1.807, 2.05) is 49.9 Å². The zero-order valence-corrected chi connectivity index (χ0v) is 19.6. The summed E-state index contributed by atoms with van der Waals surface area (Å²) >= 11 is 0. The lowest BCUT2D eigenvalue weighted by Gasteiger charge is -2.23. The van der Waals surface area contributed by atoms with E-state index >= 15 is 0 Å². The number of aliphatic imine (C=N–C) groups is 1. The number of nitrogens with zero attached hydrogens (tertiary/aromatic N) is 3. The summed E-state index contributed by atoms with van der Waals surface area (Å²) in [6.45, 7) is 9.26. The average Bonchev–Trinajstić information content (AvgIpc) is 3.40. The predicted molar refractivity (Wildman–Crippen MR) is 126 cm³/mol. The molecule has 32 heavy (non-hydrogen) atoms. The Kier molecular flexibility index (Phi) is 7.82. The lowest BCUT2D eigenvalue weighted by atomic mass is 10.2. The summed E-state index contributed by atoms with van der Waals surface area (Å²) in [6.07, 6.45) is 2.58. The number of carbonyl (C=O) groups excluding carboxylic acids is 2. The van der Waals surface area contributed by atoms with E-state index in [4.69, 9.17) is 4.74 Å². The summed E-state index contributed by atoms with van der Waals surface area (Å²) in [5.74, 6) is 0.782. The van der Waals surface area contributed by atoms with Crippen LogP contribution in [0.5, 0.6) is 0 Å². The first-order valence-electron chi connectivity index (χ1n) is 11.3. The topological polar surface area (TPSA) is 98.3 Å². The molecule has 1 unspecified atom stereocenters. The van der Waals surface area contributed by atoms with E-state index < -0.39 is 5.60 Å². The van der Waals surface area contributed by atoms with Crippen molar-refractivity contribution in [3.63, 3.8) is 0 Å². The molecule has 2 fully saturated rings. The summed E-state index contributed by atoms with van der Waals surface area (Å²) < 4.78 is 5.35. The van der Waals surface area contributed by atoms with E-state index in [1.165, 1.54) is 0 Å². The van der Waals surface area contributed by atoms with Gasteiger partial charge < -0.3 is 30.5 Å². The van der Waals surface area contributed by atoms with Gasteiger partial charge in [-0.2, -0.15) is 0 Å². The zero-order chi connectivity index (χ0) is 23.1. The molecule has 0 aromatic heterocycles. The van der Waals surface area contributed by atoms with Gasteiger partial charge in [-0.1, -0.05) is 12.1 Å². The van der Waals surface area contributed by atoms with Crippen LogP contribution < -0.4 is 16.0 Å². The maximum absolute atomic E-state index is 12.3. The van der Waals surface area contributed by atoms with Crippen LogP contribution in [-0.4, -0.2) is 72.8 Å². The van der Waals surface area contributed by atoms with E-state index in [-0.39, 0.29) is 18.2 Å². The van der Waals surface area contributed by atoms with Gasteiger partial charge in [-0.3, -0.25) is 4.99 Å². The van der Waals surface area contributed by atoms with Gasteiger partial charge in [0.1, 0.15) is 5.60 Å². The molecule has 0 radical (unpaired) electrons. The van der Waals surface area contributed by atoms with E-state index in [1.54, 1.807) is 7.05 Å². The Morgan fingerprint density at radius 1 is 1.16 bits per heavy atom. The molecule has 1 aromatic carbocycles. The van der Waals surface area contributed by atoms with Gasteiger partial charge in [0.2, 0.25) is 0 Å². The fraction of sp³-hybridized carbons (Fsp3) is 0.609. The van der Waals surface area contributed by atoms with Crippen LogP contribution in [-0.2, 0) is 11.3 Å². The number of nitrogens with one attached hydrogen (secondary N) is 3. The third kappa shape index (κ3) is 7.03. The summed E-state index contributed by atoms with van der Waals surface area (Å²) in [7, 11) is 1.75. The van der Waals surface area contributed by atoms with E-state index in [2.05, 4.69) is 25.8 Å². The lowest BCUT2D eigenvalue weighted by Crippen LogP contribution is -2.44. The van der Waals surface area contributed by atoms with E-state index in [0.717, 1.165) is 56.1 Å². The first-order chi connectivity index (χ1) is 15.2. The molecule has 1 aromatic rings. The molecule has 3 rings (SSSR count). The fourth-order valence-electron chi connectivity index (χ4n) is 3.94. The number of ether oxygens (including phenoxy) is 1. The Balaban J connectivity index is 1.48. The number of likely N-dealkylation sites (tertiary alicyclic amines) is 2. The van der Waals surface area contributed by atoms with Crippen LogP contribution in [0.25, 0.3) is 0 Å². The normalized spacial score (nSPS) is 19.1. The second kappa shape index (κ2) is 10.6. The number of hydrogen-bond acceptors (Lipinski definition) is 4. The molecule has 0 aliphatic carbocycles. The minimum atomic E-state index is -0.511. The SMILES string of the molecule is CN=C(NCc1cccc(NC(=O)N2CCCC2)c1)N1CCC(NC(=O)OC(C)(C)C)C1. The molecule has 3 N–H and O–H groups in total. The molecular weight excluding hydrogens is 408 g/mol. The molecule has 0 bridgehead atoms. The number of carbonyl (C=O) groups is 2. The molecule has 0 saturated carbocycles. The highest BCUT2D eigenvalue weighted by Crippen LogP contribution is 2.15. The van der Waals surface area contributed by atoms with E-state index in [9.17, 15) is 9.59 Å². The van der Waals surface area contributed by atoms with Crippen molar-refractivity contribution in [3.8, 4) is 0 Å². The minimum Gasteiger partial charge on any atom is -0.444 e. The van der Waals surface area contributed by atoms with Gasteiger partial charge in [0.05, 0.1) is 6.04 Å². The van der Waals surface area contributed by atoms with Crippen molar-refractivity contribution in [3.05, 3.63) is 29.8 Å². The predicted octanol–water partition coefficient (Wildman–Crippen LogP) is 2.99. The Bertz CT molecular complexity index is 829. The lowest BCUT2D eigenvalue weighted by molar-refractivity contribution is 0.0507. The minimum absolute atomic E-state index is 0.0209. The van der Waals surface area contributed by atoms with Crippen molar-refractivity contribution in [1.29, 1.82) is 0 Å². The van der Waals surface area contributed by atoms with Gasteiger partial charge >= 0.3 is 12.1 Å². The van der Waals surface area contributed by atoms with Crippen LogP contribution in [0, 0.1) is 0 Å². The van der Waals surface area contributed by atoms with Crippen LogP contribution >= 0.6 is 0 Å². The molecular formula is C23H36N6O3. The molecule has 9 nitrogen and oxygen atoms in total. The number of hydrogen-bond donors (Lipinski definition) is 3. The zero-order valence-electron chi connectivity index (χ0n) is 19.6. The Morgan fingerprint density at radius 2 is 1.91 bits per heavy atom. The van der Waals surface area contributed by atoms with Crippen molar-refractivity contribution in [2.45, 2.75) is 58.2 Å². The van der Waals surface area contributed by atoms with Crippen molar-refractivity contribution in [2.75, 3.05) is 38.5 Å². The molecule has 3 amide bonds. The maximum atomic E-state index is 12.3. The molecule has 1 atom stereocenters. The first-order valence-corrected chi connectivity index (χ1v) is 11.3. The smallest absolute Gasteiger partial charge is 0.407 e. The van der Waals surface area contributed by atoms with Crippen LogP contribution in [0.4, 0.5) is 15.3 Å². The number of urea groups is 1. The number of alkyl carbamates (subject to hydrolysis) is 1. The van der Waals surface area contributed by atoms with Crippen LogP contribution in [0.2, 0.25) is 0 Å². The van der Waals surface area contributed by atoms with Crippen molar-refractivity contribution < 1.29 is 14.3 Å². The standard InChI is InChI=1S/C23H36N6O3/c1-23(2,3)32-22(31)27-19-10-13-29(16-19)20(24-4)25-15-17-8-7-9-18(14-17)26-21(30)28-11-5-6-12-28/h7-9,14,19H,5-6,10-13,15-16H2,1-4H3,(H,24,25)(H,26,30)(H,27,31). The monoisotopic (exact) mass is 444 g/mol. The van der Waals surface area contributed by atoms with Gasteiger partial charge in [-0.05, 0) is 57.7 Å². The Hall–Kier alpha value is -2.97. The van der Waals surface area contributed by atoms with Crippen LogP contribution in [0.3, 0.4) is 0 Å². The average molecular weight is 445 g/mol. The van der Waals surface area contributed by atoms with Gasteiger partial charge in [0.15, 0.2) is 5.96 Å². The summed E-state index contributed by atoms with van der Waals surface area (Å²) in [4.78, 5) is 32.7. The largest absolute Gasteiger partial charge is 0.444 e. The van der Waals surface area contributed by atoms with Gasteiger partial charge in [-0.15, -0.1) is 0 Å². The summed E-state index contributed by atoms with van der Waals surface area (Å²) in [5, 5.41) is 9.31. The Morgan fingerprint density at radius 3 is 2.59 bits per heavy atom. The fourth-order valence-corrected chi connectivity index (χ4v) is 3.94. The van der Waals surface area contributed by atoms with Crippen molar-refractivity contribution in [2.24, 2.45) is 4.99 Å². The van der Waals surface area contributed by atoms with Crippen molar-refractivity contribution in [1.82, 2.24) is 20.4 Å². The van der Waals surface area contributed by atoms with E-state index in [0.29, 0.717) is 13.1 Å². The maximum Gasteiger partial charge on any atom is 0.407 e. The highest BCUT2D eigenvalue weighted by molar-refractivity contribution is 5.89. The van der Waals surface area contributed by atoms with Gasteiger partial charge in [0, 0.05) is 45.5 Å². The second-order valence-electron chi connectivity index (χ2n) is 9.30. The van der Waals surface area contributed by atoms with Crippen LogP contribution in [0.1, 0.15) is 45.6 Å². The summed E-state index contributed by atoms with van der Waals surface area (Å²) in [5.41, 5.74) is 1.33.